The van der Waals surface area contributed by atoms with Crippen molar-refractivity contribution in [3.05, 3.63) is 34.8 Å². The SMILES string of the molecule is O=C(CCCn1c(=O)oc2ccccc21)N1CC[C@@H]2CCCC[C@@H]2C1. The standard InChI is InChI=1S/C20H26N2O3/c23-19(21-13-11-15-6-1-2-7-16(15)14-21)10-5-12-22-17-8-3-4-9-18(17)25-20(22)24/h3-4,8-9,15-16H,1-2,5-7,10-14H2/t15-,16+/m0/s1. The van der Waals surface area contributed by atoms with Gasteiger partial charge >= 0.3 is 5.76 Å². The number of hydrogen-bond donors (Lipinski definition) is 0. The highest BCUT2D eigenvalue weighted by Gasteiger charge is 2.32. The second kappa shape index (κ2) is 7.06. The summed E-state index contributed by atoms with van der Waals surface area (Å²) in [4.78, 5) is 26.6. The van der Waals surface area contributed by atoms with Gasteiger partial charge in [0.1, 0.15) is 0 Å². The molecule has 2 atom stereocenters. The third-order valence-electron chi connectivity index (χ3n) is 5.99. The van der Waals surface area contributed by atoms with Crippen molar-refractivity contribution < 1.29 is 9.21 Å². The Balaban J connectivity index is 1.33. The number of nitrogens with zero attached hydrogens (tertiary/aromatic N) is 2. The minimum Gasteiger partial charge on any atom is -0.408 e. The minimum absolute atomic E-state index is 0.241. The Hall–Kier alpha value is -2.04. The summed E-state index contributed by atoms with van der Waals surface area (Å²) < 4.78 is 6.88. The normalized spacial score (nSPS) is 23.6. The quantitative estimate of drug-likeness (QED) is 0.855. The molecule has 1 aliphatic heterocycles. The summed E-state index contributed by atoms with van der Waals surface area (Å²) in [6.45, 7) is 2.38. The molecule has 1 saturated heterocycles. The van der Waals surface area contributed by atoms with Crippen molar-refractivity contribution in [2.75, 3.05) is 13.1 Å². The molecule has 2 aromatic rings. The lowest BCUT2D eigenvalue weighted by Crippen LogP contribution is -2.44. The Bertz CT molecular complexity index is 807. The number of piperidine rings is 1. The maximum Gasteiger partial charge on any atom is 0.419 e. The van der Waals surface area contributed by atoms with Crippen LogP contribution < -0.4 is 5.76 Å². The van der Waals surface area contributed by atoms with E-state index >= 15 is 0 Å². The maximum atomic E-state index is 12.6. The maximum absolute atomic E-state index is 12.6. The van der Waals surface area contributed by atoms with Crippen molar-refractivity contribution in [2.45, 2.75) is 51.5 Å². The fourth-order valence-electron chi connectivity index (χ4n) is 4.60. The third-order valence-corrected chi connectivity index (χ3v) is 5.99. The zero-order chi connectivity index (χ0) is 17.2. The monoisotopic (exact) mass is 342 g/mol. The fourth-order valence-corrected chi connectivity index (χ4v) is 4.60. The average Bonchev–Trinajstić information content (AvgIpc) is 2.96. The molecule has 4 rings (SSSR count). The first kappa shape index (κ1) is 16.4. The molecular formula is C20H26N2O3. The van der Waals surface area contributed by atoms with Crippen LogP contribution in [0.3, 0.4) is 0 Å². The average molecular weight is 342 g/mol. The molecule has 5 heteroatoms. The van der Waals surface area contributed by atoms with E-state index in [2.05, 4.69) is 4.90 Å². The number of benzene rings is 1. The van der Waals surface area contributed by atoms with E-state index in [0.29, 0.717) is 30.9 Å². The smallest absolute Gasteiger partial charge is 0.408 e. The lowest BCUT2D eigenvalue weighted by molar-refractivity contribution is -0.134. The van der Waals surface area contributed by atoms with Crippen LogP contribution in [0.5, 0.6) is 0 Å². The van der Waals surface area contributed by atoms with Gasteiger partial charge < -0.3 is 9.32 Å². The van der Waals surface area contributed by atoms with Crippen molar-refractivity contribution in [3.8, 4) is 0 Å². The van der Waals surface area contributed by atoms with Crippen molar-refractivity contribution in [2.24, 2.45) is 11.8 Å². The summed E-state index contributed by atoms with van der Waals surface area (Å²) >= 11 is 0. The van der Waals surface area contributed by atoms with Crippen LogP contribution in [0, 0.1) is 11.8 Å². The number of aromatic nitrogens is 1. The van der Waals surface area contributed by atoms with Crippen LogP contribution in [-0.2, 0) is 11.3 Å². The van der Waals surface area contributed by atoms with Crippen LogP contribution in [-0.4, -0.2) is 28.5 Å². The summed E-state index contributed by atoms with van der Waals surface area (Å²) in [7, 11) is 0. The fraction of sp³-hybridized carbons (Fsp3) is 0.600. The number of carbonyl (C=O) groups is 1. The Kier molecular flexibility index (Phi) is 4.64. The molecule has 5 nitrogen and oxygen atoms in total. The number of amides is 1. The number of hydrogen-bond acceptors (Lipinski definition) is 3. The molecular weight excluding hydrogens is 316 g/mol. The largest absolute Gasteiger partial charge is 0.419 e. The van der Waals surface area contributed by atoms with Gasteiger partial charge in [0.2, 0.25) is 5.91 Å². The lowest BCUT2D eigenvalue weighted by atomic mass is 9.75. The molecule has 2 aliphatic rings. The van der Waals surface area contributed by atoms with E-state index < -0.39 is 0 Å². The molecule has 1 amide bonds. The van der Waals surface area contributed by atoms with Gasteiger partial charge in [-0.05, 0) is 43.2 Å². The number of fused-ring (bicyclic) bond motifs is 2. The van der Waals surface area contributed by atoms with Crippen LogP contribution in [0.1, 0.15) is 44.9 Å². The molecule has 0 spiro atoms. The summed E-state index contributed by atoms with van der Waals surface area (Å²) in [6, 6.07) is 7.43. The predicted octanol–water partition coefficient (Wildman–Crippen LogP) is 3.41. The second-order valence-corrected chi connectivity index (χ2v) is 7.52. The summed E-state index contributed by atoms with van der Waals surface area (Å²) in [5, 5.41) is 0. The van der Waals surface area contributed by atoms with E-state index in [0.717, 1.165) is 24.5 Å². The predicted molar refractivity (Wildman–Crippen MR) is 96.4 cm³/mol. The van der Waals surface area contributed by atoms with Gasteiger partial charge in [0.25, 0.3) is 0 Å². The highest BCUT2D eigenvalue weighted by atomic mass is 16.4. The number of likely N-dealkylation sites (tertiary alicyclic amines) is 1. The first-order valence-corrected chi connectivity index (χ1v) is 9.58. The first-order valence-electron chi connectivity index (χ1n) is 9.58. The van der Waals surface area contributed by atoms with Crippen LogP contribution in [0.2, 0.25) is 0 Å². The molecule has 2 fully saturated rings. The zero-order valence-corrected chi connectivity index (χ0v) is 14.7. The van der Waals surface area contributed by atoms with Gasteiger partial charge in [-0.3, -0.25) is 9.36 Å². The summed E-state index contributed by atoms with van der Waals surface area (Å²) in [6.07, 6.45) is 7.66. The molecule has 25 heavy (non-hydrogen) atoms. The molecule has 1 saturated carbocycles. The Labute approximate surface area is 147 Å². The van der Waals surface area contributed by atoms with Crippen LogP contribution in [0.15, 0.2) is 33.5 Å². The summed E-state index contributed by atoms with van der Waals surface area (Å²) in [5.74, 6) is 1.46. The van der Waals surface area contributed by atoms with Gasteiger partial charge in [0.05, 0.1) is 5.52 Å². The molecule has 1 aliphatic carbocycles. The van der Waals surface area contributed by atoms with E-state index in [1.165, 1.54) is 32.1 Å². The molecule has 2 heterocycles. The number of carbonyl (C=O) groups excluding carboxylic acids is 1. The van der Waals surface area contributed by atoms with E-state index in [-0.39, 0.29) is 11.7 Å². The number of aryl methyl sites for hydroxylation is 1. The Morgan fingerprint density at radius 1 is 1.12 bits per heavy atom. The summed E-state index contributed by atoms with van der Waals surface area (Å²) in [5.41, 5.74) is 1.42. The Morgan fingerprint density at radius 3 is 2.80 bits per heavy atom. The van der Waals surface area contributed by atoms with Crippen LogP contribution in [0.4, 0.5) is 0 Å². The lowest BCUT2D eigenvalue weighted by Gasteiger charge is -2.41. The zero-order valence-electron chi connectivity index (χ0n) is 14.7. The molecule has 0 unspecified atom stereocenters. The van der Waals surface area contributed by atoms with Crippen molar-refractivity contribution in [1.82, 2.24) is 9.47 Å². The molecule has 1 aromatic heterocycles. The van der Waals surface area contributed by atoms with Gasteiger partial charge in [-0.2, -0.15) is 0 Å². The van der Waals surface area contributed by atoms with Crippen molar-refractivity contribution >= 4 is 17.0 Å². The van der Waals surface area contributed by atoms with Gasteiger partial charge in [-0.15, -0.1) is 0 Å². The van der Waals surface area contributed by atoms with Crippen molar-refractivity contribution in [1.29, 1.82) is 0 Å². The number of para-hydroxylation sites is 2. The molecule has 1 aromatic carbocycles. The highest BCUT2D eigenvalue weighted by molar-refractivity contribution is 5.76. The molecule has 0 radical (unpaired) electrons. The Morgan fingerprint density at radius 2 is 1.92 bits per heavy atom. The first-order chi connectivity index (χ1) is 12.2. The topological polar surface area (TPSA) is 55.5 Å². The molecule has 0 N–H and O–H groups in total. The van der Waals surface area contributed by atoms with Gasteiger partial charge in [0, 0.05) is 26.1 Å². The van der Waals surface area contributed by atoms with Gasteiger partial charge in [0.15, 0.2) is 5.58 Å². The highest BCUT2D eigenvalue weighted by Crippen LogP contribution is 2.36. The molecule has 0 bridgehead atoms. The second-order valence-electron chi connectivity index (χ2n) is 7.52. The van der Waals surface area contributed by atoms with Crippen LogP contribution in [0.25, 0.3) is 11.1 Å². The number of oxazole rings is 1. The minimum atomic E-state index is -0.336. The van der Waals surface area contributed by atoms with Gasteiger partial charge in [-0.1, -0.05) is 31.4 Å². The number of rotatable bonds is 4. The third kappa shape index (κ3) is 3.37. The molecule has 134 valence electrons. The van der Waals surface area contributed by atoms with E-state index in [1.54, 1.807) is 10.6 Å². The van der Waals surface area contributed by atoms with E-state index in [4.69, 9.17) is 4.42 Å². The van der Waals surface area contributed by atoms with E-state index in [1.807, 2.05) is 18.2 Å². The van der Waals surface area contributed by atoms with E-state index in [9.17, 15) is 9.59 Å². The van der Waals surface area contributed by atoms with Gasteiger partial charge in [-0.25, -0.2) is 4.79 Å². The van der Waals surface area contributed by atoms with Crippen molar-refractivity contribution in [3.63, 3.8) is 0 Å². The van der Waals surface area contributed by atoms with Crippen LogP contribution >= 0.6 is 0 Å².